The minimum atomic E-state index is -2.31. The van der Waals surface area contributed by atoms with Gasteiger partial charge >= 0.3 is 48.7 Å². The highest BCUT2D eigenvalue weighted by atomic mass is 16.6. The standard InChI is InChI=1S/C89H164N24O20/c1-81(2,3)130-77(122)102-61(37-29-33-45-94-73(118)126-69(41-49-110(21)22)85(13,14)57-98-106-90)65(114)53-89(54-66(115)62(103-78(123)131-82(4,5)6)38-30-34-46-95-74(119)127-70(42-50-111(23)24)86(15,16)58-99-107-91,55-67(116)63(104-79(124)132-83(7,8)9)39-31-35-47-96-75(120)128-71(43-51-112(25)26)87(17,18)59-100-108-92)56-68(117)64(105-80(125)133-84(10,11)12)40-32-36-48-97-76(121)129-72(44-52-113(27)28)88(19,20)60-101-109-93/h61-64,69-72H,29-60H2,1-28H3,(H,94,118)(H,95,119)(H,96,120)(H,97,121)(H,102,122)(H,103,123)(H,104,124)(H,105,125)/t61-,62-,63-,64-,69?,70?,71?,72?,89?/m0/s1. The number of alkyl carbamates (subject to hydrolysis) is 8. The van der Waals surface area contributed by atoms with E-state index in [2.05, 4.69) is 82.6 Å². The quantitative estimate of drug-likeness (QED) is 0.00921. The molecule has 760 valence electrons. The van der Waals surface area contributed by atoms with Crippen LogP contribution in [0.2, 0.25) is 0 Å². The Morgan fingerprint density at radius 1 is 0.271 bits per heavy atom. The van der Waals surface area contributed by atoms with Crippen molar-refractivity contribution >= 4 is 71.9 Å². The van der Waals surface area contributed by atoms with E-state index < -0.39 is 196 Å². The SMILES string of the molecule is CN(C)CCC(OC(=O)NCCCC[C@H](NC(=O)OC(C)(C)C)C(=O)CC(CC(=O)[C@H](CCCCNC(=O)OC(CCN(C)C)C(C)(C)CN=[N+]=[N-])NC(=O)OC(C)(C)C)(CC(=O)[C@H](CCCCNC(=O)OC(CCN(C)C)C(C)(C)CN=[N+]=[N-])NC(=O)OC(C)(C)C)CC(=O)[C@H](CCCCNC(=O)OC(CCN(C)C)C(C)(C)CN=[N+]=[N-])NC(=O)OC(C)(C)C)C(C)(C)CN=[N+]=[N-]. The minimum Gasteiger partial charge on any atom is -0.446 e. The van der Waals surface area contributed by atoms with Crippen LogP contribution in [0.5, 0.6) is 0 Å². The topological polar surface area (TPSA) is 583 Å². The van der Waals surface area contributed by atoms with Gasteiger partial charge in [-0.2, -0.15) is 0 Å². The minimum absolute atomic E-state index is 0.00669. The first-order valence-corrected chi connectivity index (χ1v) is 45.9. The summed E-state index contributed by atoms with van der Waals surface area (Å²) in [4.78, 5) is 196. The molecule has 8 amide bonds. The van der Waals surface area contributed by atoms with Crippen LogP contribution in [0.15, 0.2) is 20.5 Å². The smallest absolute Gasteiger partial charge is 0.408 e. The van der Waals surface area contributed by atoms with Crippen molar-refractivity contribution in [2.75, 3.05) is 135 Å². The molecule has 0 bridgehead atoms. The third-order valence-electron chi connectivity index (χ3n) is 21.3. The Balaban J connectivity index is 9.41. The van der Waals surface area contributed by atoms with Crippen LogP contribution in [0.4, 0.5) is 38.4 Å². The lowest BCUT2D eigenvalue weighted by molar-refractivity contribution is -0.133. The van der Waals surface area contributed by atoms with E-state index in [0.717, 1.165) is 0 Å². The number of carbonyl (C=O) groups is 12. The number of nitrogens with one attached hydrogen (secondary N) is 8. The van der Waals surface area contributed by atoms with Gasteiger partial charge in [0.05, 0.1) is 24.2 Å². The van der Waals surface area contributed by atoms with Gasteiger partial charge in [0.25, 0.3) is 0 Å². The number of hydrogen-bond donors (Lipinski definition) is 8. The fraction of sp³-hybridized carbons (Fsp3) is 0.865. The predicted molar refractivity (Wildman–Crippen MR) is 506 cm³/mol. The van der Waals surface area contributed by atoms with Gasteiger partial charge in [0.15, 0.2) is 23.1 Å². The maximum Gasteiger partial charge on any atom is 0.408 e. The van der Waals surface area contributed by atoms with Crippen LogP contribution >= 0.6 is 0 Å². The van der Waals surface area contributed by atoms with Crippen molar-refractivity contribution in [3.05, 3.63) is 41.8 Å². The number of Topliss-reactive ketones (excluding diaryl/α,β-unsaturated/α-hetero) is 4. The Bertz CT molecular complexity index is 3360. The number of carbonyl (C=O) groups excluding carboxylic acids is 12. The van der Waals surface area contributed by atoms with Crippen molar-refractivity contribution in [3.63, 3.8) is 0 Å². The van der Waals surface area contributed by atoms with E-state index in [1.54, 1.807) is 138 Å². The first kappa shape index (κ1) is 123. The Morgan fingerprint density at radius 2 is 0.444 bits per heavy atom. The first-order valence-electron chi connectivity index (χ1n) is 45.9. The second-order valence-corrected chi connectivity index (χ2v) is 42.0. The van der Waals surface area contributed by atoms with Crippen LogP contribution in [-0.4, -0.2) is 297 Å². The van der Waals surface area contributed by atoms with Crippen LogP contribution < -0.4 is 42.5 Å². The number of ether oxygens (including phenoxy) is 8. The summed E-state index contributed by atoms with van der Waals surface area (Å²) in [6, 6.07) is -6.34. The monoisotopic (exact) mass is 1890 g/mol. The molecule has 0 radical (unpaired) electrons. The lowest BCUT2D eigenvalue weighted by Crippen LogP contribution is -2.51. The van der Waals surface area contributed by atoms with Gasteiger partial charge in [-0.1, -0.05) is 75.8 Å². The highest BCUT2D eigenvalue weighted by Crippen LogP contribution is 2.41. The molecule has 0 fully saturated rings. The van der Waals surface area contributed by atoms with Gasteiger partial charge in [-0.15, -0.1) is 0 Å². The summed E-state index contributed by atoms with van der Waals surface area (Å²) in [7, 11) is 14.8. The van der Waals surface area contributed by atoms with E-state index in [4.69, 9.17) is 37.9 Å². The van der Waals surface area contributed by atoms with Crippen molar-refractivity contribution in [1.82, 2.24) is 62.1 Å². The van der Waals surface area contributed by atoms with Gasteiger partial charge in [0.2, 0.25) is 0 Å². The summed E-state index contributed by atoms with van der Waals surface area (Å²) in [5.41, 5.74) is 26.6. The van der Waals surface area contributed by atoms with Gasteiger partial charge in [0, 0.05) is 146 Å². The Morgan fingerprint density at radius 3 is 0.594 bits per heavy atom. The Labute approximate surface area is 788 Å². The van der Waals surface area contributed by atoms with E-state index in [-0.39, 0.29) is 129 Å². The van der Waals surface area contributed by atoms with E-state index >= 15 is 19.2 Å². The van der Waals surface area contributed by atoms with Crippen molar-refractivity contribution in [1.29, 1.82) is 0 Å². The fourth-order valence-electron chi connectivity index (χ4n) is 13.9. The van der Waals surface area contributed by atoms with Gasteiger partial charge in [-0.05, 0) is 270 Å². The molecule has 0 saturated carbocycles. The molecule has 0 aliphatic heterocycles. The molecule has 44 nitrogen and oxygen atoms in total. The first-order chi connectivity index (χ1) is 61.4. The Kier molecular flexibility index (Phi) is 55.7. The van der Waals surface area contributed by atoms with Gasteiger partial charge in [-0.25, -0.2) is 38.4 Å². The summed E-state index contributed by atoms with van der Waals surface area (Å²) in [6.45, 7) is 35.3. The summed E-state index contributed by atoms with van der Waals surface area (Å²) >= 11 is 0. The van der Waals surface area contributed by atoms with Crippen molar-refractivity contribution < 1.29 is 95.4 Å². The maximum absolute atomic E-state index is 16.3. The number of hydrogen-bond acceptors (Lipinski definition) is 28. The third-order valence-corrected chi connectivity index (χ3v) is 21.3. The van der Waals surface area contributed by atoms with E-state index in [0.29, 0.717) is 51.9 Å². The second-order valence-electron chi connectivity index (χ2n) is 42.0. The molecular formula is C89H164N24O20. The zero-order chi connectivity index (χ0) is 102. The molecule has 0 aliphatic carbocycles. The average Bonchev–Trinajstić information content (AvgIpc) is 0.797. The predicted octanol–water partition coefficient (Wildman–Crippen LogP) is 15.6. The summed E-state index contributed by atoms with van der Waals surface area (Å²) in [5.74, 6) is -3.51. The molecule has 0 spiro atoms. The molecule has 133 heavy (non-hydrogen) atoms. The third kappa shape index (κ3) is 58.0. The molecule has 0 rings (SSSR count). The van der Waals surface area contributed by atoms with Crippen LogP contribution in [0.1, 0.15) is 267 Å². The molecule has 8 atom stereocenters. The summed E-state index contributed by atoms with van der Waals surface area (Å²) < 4.78 is 46.8. The zero-order valence-electron chi connectivity index (χ0n) is 85.1. The second kappa shape index (κ2) is 60.3. The molecule has 44 heteroatoms. The van der Waals surface area contributed by atoms with Crippen LogP contribution in [-0.2, 0) is 57.1 Å². The molecule has 0 aromatic carbocycles. The molecule has 0 aliphatic rings. The number of amides is 8. The Hall–Kier alpha value is -10.1. The number of unbranched alkanes of at least 4 members (excludes halogenated alkanes) is 4. The van der Waals surface area contributed by atoms with E-state index in [1.165, 1.54) is 0 Å². The number of azide groups is 4. The van der Waals surface area contributed by atoms with Gasteiger partial charge in [-0.3, -0.25) is 19.2 Å². The largest absolute Gasteiger partial charge is 0.446 e. The lowest BCUT2D eigenvalue weighted by Gasteiger charge is -2.37. The molecule has 0 heterocycles. The van der Waals surface area contributed by atoms with Gasteiger partial charge < -0.3 is 100 Å². The summed E-state index contributed by atoms with van der Waals surface area (Å²) in [5, 5.41) is 36.8. The molecular weight excluding hydrogens is 1730 g/mol. The molecule has 8 N–H and O–H groups in total. The lowest BCUT2D eigenvalue weighted by atomic mass is 9.68. The molecule has 0 aromatic rings. The molecule has 0 saturated heterocycles. The van der Waals surface area contributed by atoms with E-state index in [9.17, 15) is 60.5 Å². The molecule has 0 aromatic heterocycles. The highest BCUT2D eigenvalue weighted by Gasteiger charge is 2.46. The van der Waals surface area contributed by atoms with Crippen molar-refractivity contribution in [2.45, 2.75) is 338 Å². The van der Waals surface area contributed by atoms with Crippen molar-refractivity contribution in [2.24, 2.45) is 47.5 Å². The van der Waals surface area contributed by atoms with Gasteiger partial charge in [0.1, 0.15) is 46.8 Å². The normalized spacial score (nSPS) is 14.4. The fourth-order valence-corrected chi connectivity index (χ4v) is 13.9. The number of ketones is 4. The zero-order valence-corrected chi connectivity index (χ0v) is 85.1. The number of nitrogens with zero attached hydrogens (tertiary/aromatic N) is 16. The van der Waals surface area contributed by atoms with Crippen molar-refractivity contribution in [3.8, 4) is 0 Å². The average molecular weight is 1890 g/mol. The van der Waals surface area contributed by atoms with Crippen LogP contribution in [0.3, 0.4) is 0 Å². The number of rotatable bonds is 64. The van der Waals surface area contributed by atoms with E-state index in [1.807, 2.05) is 76.0 Å². The highest BCUT2D eigenvalue weighted by molar-refractivity contribution is 5.96. The molecule has 4 unspecified atom stereocenters. The maximum atomic E-state index is 16.3. The summed E-state index contributed by atoms with van der Waals surface area (Å²) in [6.07, 6.45) is -12.8. The van der Waals surface area contributed by atoms with Crippen LogP contribution in [0.25, 0.3) is 41.8 Å². The van der Waals surface area contributed by atoms with Crippen LogP contribution in [0, 0.1) is 27.1 Å².